The SMILES string of the molecule is CC#COc1ccc(C(=O)NC(CC(O)CO)C(=O)NC(C(=O)N2CC(O)CC2C(=O)NC(C(=O)NC(C(=O)N2CC(C)C(O)C2C(N)=O)C(C)O)C(O)C(O)c2ccc(O)cc2)C(C)O)cc1. The zero-order chi connectivity index (χ0) is 50.7. The maximum atomic E-state index is 14.2. The number of benzene rings is 2. The van der Waals surface area contributed by atoms with Crippen molar-refractivity contribution >= 4 is 41.4 Å². The lowest BCUT2D eigenvalue weighted by Crippen LogP contribution is -2.64. The molecule has 14 unspecified atom stereocenters. The number of carbonyl (C=O) groups excluding carboxylic acids is 7. The third-order valence-electron chi connectivity index (χ3n) is 11.5. The number of hydrogen-bond acceptors (Lipinski definition) is 17. The summed E-state index contributed by atoms with van der Waals surface area (Å²) in [6.45, 7) is 3.62. The van der Waals surface area contributed by atoms with Crippen molar-refractivity contribution in [1.82, 2.24) is 31.1 Å². The molecule has 2 aromatic carbocycles. The fourth-order valence-corrected chi connectivity index (χ4v) is 7.72. The van der Waals surface area contributed by atoms with E-state index in [0.29, 0.717) is 5.75 Å². The van der Waals surface area contributed by atoms with Crippen molar-refractivity contribution in [3.63, 3.8) is 0 Å². The van der Waals surface area contributed by atoms with Crippen molar-refractivity contribution in [3.8, 4) is 23.5 Å². The number of phenolic OH excluding ortho intramolecular Hbond substituents is 1. The van der Waals surface area contributed by atoms with E-state index in [4.69, 9.17) is 10.5 Å². The highest BCUT2D eigenvalue weighted by atomic mass is 16.5. The number of carbonyl (C=O) groups is 7. The fourth-order valence-electron chi connectivity index (χ4n) is 7.72. The average molecular weight is 958 g/mol. The molecule has 24 heteroatoms. The highest BCUT2D eigenvalue weighted by Crippen LogP contribution is 2.27. The van der Waals surface area contributed by atoms with E-state index in [-0.39, 0.29) is 23.4 Å². The van der Waals surface area contributed by atoms with Crippen molar-refractivity contribution < 1.29 is 84.3 Å². The Morgan fingerprint density at radius 3 is 1.91 bits per heavy atom. The molecule has 4 rings (SSSR count). The first-order valence-corrected chi connectivity index (χ1v) is 21.5. The van der Waals surface area contributed by atoms with Crippen LogP contribution in [-0.4, -0.2) is 190 Å². The van der Waals surface area contributed by atoms with Gasteiger partial charge < -0.3 is 87.5 Å². The van der Waals surface area contributed by atoms with Gasteiger partial charge in [-0.05, 0) is 55.8 Å². The summed E-state index contributed by atoms with van der Waals surface area (Å²) in [4.78, 5) is 97.2. The first kappa shape index (κ1) is 54.2. The van der Waals surface area contributed by atoms with Crippen molar-refractivity contribution in [3.05, 3.63) is 59.7 Å². The zero-order valence-electron chi connectivity index (χ0n) is 37.5. The number of rotatable bonds is 20. The molecule has 2 aliphatic rings. The van der Waals surface area contributed by atoms with Crippen LogP contribution >= 0.6 is 0 Å². The minimum atomic E-state index is -2.29. The molecule has 2 heterocycles. The van der Waals surface area contributed by atoms with E-state index < -0.39 is 152 Å². The number of aliphatic hydroxyl groups is 8. The van der Waals surface area contributed by atoms with E-state index in [1.54, 1.807) is 6.92 Å². The number of amides is 7. The summed E-state index contributed by atoms with van der Waals surface area (Å²) in [6, 6.07) is -0.778. The number of β-amino-alcohol motifs (C(OH)–C–C–N with tert-alkyl or cyclic N) is 1. The Bertz CT molecular complexity index is 2180. The van der Waals surface area contributed by atoms with Crippen LogP contribution in [0, 0.1) is 17.9 Å². The smallest absolute Gasteiger partial charge is 0.251 e. The van der Waals surface area contributed by atoms with E-state index in [2.05, 4.69) is 33.3 Å². The number of ether oxygens (including phenoxy) is 1. The second kappa shape index (κ2) is 24.0. The number of nitrogens with zero attached hydrogens (tertiary/aromatic N) is 2. The summed E-state index contributed by atoms with van der Waals surface area (Å²) >= 11 is 0. The van der Waals surface area contributed by atoms with Crippen LogP contribution in [0.5, 0.6) is 11.5 Å². The Morgan fingerprint density at radius 2 is 1.37 bits per heavy atom. The molecule has 0 radical (unpaired) electrons. The number of aliphatic hydroxyl groups excluding tert-OH is 8. The molecule has 2 saturated heterocycles. The highest BCUT2D eigenvalue weighted by Gasteiger charge is 2.49. The van der Waals surface area contributed by atoms with Crippen LogP contribution in [0.15, 0.2) is 48.5 Å². The number of likely N-dealkylation sites (tertiary alicyclic amines) is 2. The monoisotopic (exact) mass is 957 g/mol. The number of aromatic hydroxyl groups is 1. The predicted octanol–water partition coefficient (Wildman–Crippen LogP) is -5.44. The van der Waals surface area contributed by atoms with Crippen LogP contribution in [0.2, 0.25) is 0 Å². The van der Waals surface area contributed by atoms with Crippen LogP contribution in [0.25, 0.3) is 0 Å². The lowest BCUT2D eigenvalue weighted by atomic mass is 9.96. The first-order chi connectivity index (χ1) is 32.0. The van der Waals surface area contributed by atoms with Crippen LogP contribution in [-0.2, 0) is 28.8 Å². The quantitative estimate of drug-likeness (QED) is 0.0551. The van der Waals surface area contributed by atoms with Gasteiger partial charge in [0.05, 0.1) is 37.1 Å². The van der Waals surface area contributed by atoms with E-state index in [9.17, 15) is 79.5 Å². The Balaban J connectivity index is 1.61. The van der Waals surface area contributed by atoms with E-state index in [1.165, 1.54) is 43.3 Å². The third kappa shape index (κ3) is 13.4. The summed E-state index contributed by atoms with van der Waals surface area (Å²) in [5.41, 5.74) is 5.41. The van der Waals surface area contributed by atoms with E-state index >= 15 is 0 Å². The summed E-state index contributed by atoms with van der Waals surface area (Å²) in [7, 11) is 0. The topological polar surface area (TPSA) is 391 Å². The van der Waals surface area contributed by atoms with Gasteiger partial charge in [0.2, 0.25) is 35.4 Å². The number of primary amides is 1. The Morgan fingerprint density at radius 1 is 0.794 bits per heavy atom. The molecule has 2 aliphatic heterocycles. The van der Waals surface area contributed by atoms with Gasteiger partial charge in [-0.1, -0.05) is 25.0 Å². The molecule has 15 N–H and O–H groups in total. The predicted molar refractivity (Wildman–Crippen MR) is 234 cm³/mol. The van der Waals surface area contributed by atoms with Gasteiger partial charge in [-0.3, -0.25) is 33.6 Å². The number of phenols is 1. The molecule has 7 amide bonds. The molecule has 2 aromatic rings. The lowest BCUT2D eigenvalue weighted by molar-refractivity contribution is -0.147. The molecule has 2 fully saturated rings. The van der Waals surface area contributed by atoms with Gasteiger partial charge in [-0.25, -0.2) is 0 Å². The van der Waals surface area contributed by atoms with Gasteiger partial charge in [0.25, 0.3) is 5.91 Å². The highest BCUT2D eigenvalue weighted by molar-refractivity contribution is 6.00. The molecule has 14 atom stereocenters. The first-order valence-electron chi connectivity index (χ1n) is 21.5. The van der Waals surface area contributed by atoms with Gasteiger partial charge in [0, 0.05) is 44.3 Å². The number of nitrogens with one attached hydrogen (secondary N) is 4. The van der Waals surface area contributed by atoms with Gasteiger partial charge in [0.1, 0.15) is 66.1 Å². The number of nitrogens with two attached hydrogens (primary N) is 1. The van der Waals surface area contributed by atoms with Gasteiger partial charge >= 0.3 is 0 Å². The second-order valence-corrected chi connectivity index (χ2v) is 16.7. The third-order valence-corrected chi connectivity index (χ3v) is 11.5. The molecular weight excluding hydrogens is 899 g/mol. The summed E-state index contributed by atoms with van der Waals surface area (Å²) < 4.78 is 5.16. The van der Waals surface area contributed by atoms with Crippen LogP contribution in [0.1, 0.15) is 62.6 Å². The summed E-state index contributed by atoms with van der Waals surface area (Å²) in [6.07, 6.45) is -10.8. The summed E-state index contributed by atoms with van der Waals surface area (Å²) in [5.74, 6) is -6.01. The van der Waals surface area contributed by atoms with Gasteiger partial charge in [-0.2, -0.15) is 0 Å². The molecule has 372 valence electrons. The minimum absolute atomic E-state index is 0.0274. The zero-order valence-corrected chi connectivity index (χ0v) is 37.5. The standard InChI is InChI=1S/C44H59N7O17/c1-5-14-68-28-12-8-24(9-13-28)39(62)46-29(15-27(57)19-52)40(63)47-31(21(3)53)43(66)50-18-26(56)16-30(50)41(64)49-33(37(60)36(59)23-6-10-25(55)11-7-23)42(65)48-32(22(4)54)44(67)51-17-20(2)35(58)34(51)38(45)61/h6-13,20-22,26-27,29-37,52-60H,15-19H2,1-4H3,(H2,45,61)(H,46,62)(H,47,63)(H,48,65)(H,49,64). The molecule has 0 saturated carbocycles. The average Bonchev–Trinajstić information content (AvgIpc) is 3.85. The van der Waals surface area contributed by atoms with Crippen molar-refractivity contribution in [2.45, 2.75) is 120 Å². The largest absolute Gasteiger partial charge is 0.508 e. The van der Waals surface area contributed by atoms with Crippen molar-refractivity contribution in [2.75, 3.05) is 19.7 Å². The second-order valence-electron chi connectivity index (χ2n) is 16.7. The molecule has 24 nitrogen and oxygen atoms in total. The van der Waals surface area contributed by atoms with Crippen LogP contribution in [0.3, 0.4) is 0 Å². The molecular formula is C44H59N7O17. The Hall–Kier alpha value is -6.43. The van der Waals surface area contributed by atoms with E-state index in [0.717, 1.165) is 35.8 Å². The molecule has 0 bridgehead atoms. The van der Waals surface area contributed by atoms with Crippen molar-refractivity contribution in [2.24, 2.45) is 11.7 Å². The maximum absolute atomic E-state index is 14.2. The Labute approximate surface area is 390 Å². The van der Waals surface area contributed by atoms with E-state index in [1.807, 2.05) is 0 Å². The minimum Gasteiger partial charge on any atom is -0.508 e. The number of hydrogen-bond donors (Lipinski definition) is 14. The fraction of sp³-hybridized carbons (Fsp3) is 0.523. The van der Waals surface area contributed by atoms with Gasteiger partial charge in [-0.15, -0.1) is 0 Å². The lowest BCUT2D eigenvalue weighted by Gasteiger charge is -2.34. The van der Waals surface area contributed by atoms with Gasteiger partial charge in [0.15, 0.2) is 0 Å². The molecule has 68 heavy (non-hydrogen) atoms. The normalized spacial score (nSPS) is 22.9. The summed E-state index contributed by atoms with van der Waals surface area (Å²) in [5, 5.41) is 104. The Kier molecular flexibility index (Phi) is 19.1. The molecule has 0 aliphatic carbocycles. The van der Waals surface area contributed by atoms with Crippen LogP contribution in [0.4, 0.5) is 0 Å². The van der Waals surface area contributed by atoms with Crippen molar-refractivity contribution in [1.29, 1.82) is 0 Å². The molecule has 0 aromatic heterocycles. The molecule has 0 spiro atoms. The maximum Gasteiger partial charge on any atom is 0.251 e. The van der Waals surface area contributed by atoms with Crippen LogP contribution < -0.4 is 31.7 Å².